The van der Waals surface area contributed by atoms with Gasteiger partial charge in [-0.1, -0.05) is 27.4 Å². The molecule has 0 unspecified atom stereocenters. The number of benzene rings is 1. The van der Waals surface area contributed by atoms with Gasteiger partial charge in [-0.3, -0.25) is 4.99 Å². The molecule has 1 aromatic rings. The molecule has 1 heterocycles. The normalized spacial score (nSPS) is 27.3. The minimum absolute atomic E-state index is 0.170. The Morgan fingerprint density at radius 3 is 2.20 bits per heavy atom. The van der Waals surface area contributed by atoms with Gasteiger partial charge in [0.15, 0.2) is 0 Å². The van der Waals surface area contributed by atoms with Gasteiger partial charge in [-0.05, 0) is 75.1 Å². The third-order valence-electron chi connectivity index (χ3n) is 5.98. The summed E-state index contributed by atoms with van der Waals surface area (Å²) in [5.74, 6) is 0.527. The maximum atomic E-state index is 13.3. The van der Waals surface area contributed by atoms with Crippen LogP contribution in [0.1, 0.15) is 65.9 Å². The first kappa shape index (κ1) is 18.2. The maximum Gasteiger partial charge on any atom is 0.133 e. The molecular formula is C22H31FN2. The zero-order chi connectivity index (χ0) is 18.4. The van der Waals surface area contributed by atoms with Gasteiger partial charge in [-0.25, -0.2) is 4.39 Å². The van der Waals surface area contributed by atoms with Crippen molar-refractivity contribution in [2.75, 3.05) is 0 Å². The van der Waals surface area contributed by atoms with E-state index >= 15 is 0 Å². The van der Waals surface area contributed by atoms with Crippen molar-refractivity contribution in [3.63, 3.8) is 0 Å². The molecule has 2 aliphatic rings. The van der Waals surface area contributed by atoms with Gasteiger partial charge in [0.25, 0.3) is 0 Å². The van der Waals surface area contributed by atoms with E-state index in [9.17, 15) is 4.39 Å². The minimum atomic E-state index is -0.214. The third kappa shape index (κ3) is 3.26. The summed E-state index contributed by atoms with van der Waals surface area (Å²) in [7, 11) is 0. The minimum Gasteiger partial charge on any atom is -0.343 e. The number of allylic oxidation sites excluding steroid dienone is 1. The highest BCUT2D eigenvalue weighted by Crippen LogP contribution is 2.48. The topological polar surface area (TPSA) is 15.6 Å². The molecule has 1 fully saturated rings. The van der Waals surface area contributed by atoms with Crippen molar-refractivity contribution in [2.24, 2.45) is 16.3 Å². The van der Waals surface area contributed by atoms with E-state index in [-0.39, 0.29) is 11.5 Å². The van der Waals surface area contributed by atoms with Crippen molar-refractivity contribution in [3.8, 4) is 0 Å². The van der Waals surface area contributed by atoms with Crippen LogP contribution in [0.5, 0.6) is 0 Å². The lowest BCUT2D eigenvalue weighted by atomic mass is 9.69. The Bertz CT molecular complexity index is 671. The van der Waals surface area contributed by atoms with Crippen molar-refractivity contribution in [3.05, 3.63) is 47.9 Å². The number of halogens is 1. The Balaban J connectivity index is 1.94. The smallest absolute Gasteiger partial charge is 0.133 e. The summed E-state index contributed by atoms with van der Waals surface area (Å²) in [4.78, 5) is 7.61. The van der Waals surface area contributed by atoms with Crippen molar-refractivity contribution < 1.29 is 4.39 Å². The van der Waals surface area contributed by atoms with Crippen LogP contribution in [-0.4, -0.2) is 22.3 Å². The van der Waals surface area contributed by atoms with Gasteiger partial charge in [0.05, 0.1) is 11.4 Å². The number of hydrogen-bond acceptors (Lipinski definition) is 2. The molecule has 1 aromatic carbocycles. The molecule has 0 atom stereocenters. The lowest BCUT2D eigenvalue weighted by Gasteiger charge is -2.47. The number of hydrogen-bond donors (Lipinski definition) is 0. The molecule has 25 heavy (non-hydrogen) atoms. The largest absolute Gasteiger partial charge is 0.343 e. The van der Waals surface area contributed by atoms with Crippen LogP contribution in [0.25, 0.3) is 0 Å². The highest BCUT2D eigenvalue weighted by molar-refractivity contribution is 6.13. The standard InChI is InChI=1S/C22H31FN2/c1-15(2)25-16(3)20(17-7-9-19(23)10-8-17)24-22(25)13-11-18(12-14-22)21(4,5)6/h7-10,15,18H,3,11-14H2,1-2,4-6H3. The monoisotopic (exact) mass is 342 g/mol. The average Bonchev–Trinajstić information content (AvgIpc) is 2.80. The van der Waals surface area contributed by atoms with Crippen molar-refractivity contribution in [2.45, 2.75) is 72.0 Å². The molecular weight excluding hydrogens is 311 g/mol. The molecule has 0 saturated heterocycles. The Labute approximate surface area is 151 Å². The predicted molar refractivity (Wildman–Crippen MR) is 103 cm³/mol. The van der Waals surface area contributed by atoms with E-state index in [0.29, 0.717) is 11.5 Å². The first-order valence-electron chi connectivity index (χ1n) is 9.48. The van der Waals surface area contributed by atoms with Gasteiger partial charge in [0.1, 0.15) is 11.5 Å². The van der Waals surface area contributed by atoms with Crippen LogP contribution in [0.2, 0.25) is 0 Å². The number of rotatable bonds is 2. The van der Waals surface area contributed by atoms with E-state index in [1.165, 1.54) is 25.0 Å². The van der Waals surface area contributed by atoms with E-state index in [4.69, 9.17) is 4.99 Å². The lowest BCUT2D eigenvalue weighted by molar-refractivity contribution is 0.0400. The van der Waals surface area contributed by atoms with Gasteiger partial charge in [0, 0.05) is 11.6 Å². The molecule has 0 radical (unpaired) electrons. The predicted octanol–water partition coefficient (Wildman–Crippen LogP) is 5.79. The molecule has 1 saturated carbocycles. The molecule has 1 spiro atoms. The first-order chi connectivity index (χ1) is 11.6. The fraction of sp³-hybridized carbons (Fsp3) is 0.591. The first-order valence-corrected chi connectivity index (χ1v) is 9.48. The van der Waals surface area contributed by atoms with Crippen LogP contribution < -0.4 is 0 Å². The van der Waals surface area contributed by atoms with Crippen LogP contribution in [0.15, 0.2) is 41.5 Å². The van der Waals surface area contributed by atoms with Crippen LogP contribution in [-0.2, 0) is 0 Å². The summed E-state index contributed by atoms with van der Waals surface area (Å²) in [6, 6.07) is 6.99. The fourth-order valence-electron chi connectivity index (χ4n) is 4.62. The Hall–Kier alpha value is -1.64. The molecule has 3 heteroatoms. The van der Waals surface area contributed by atoms with E-state index in [0.717, 1.165) is 35.7 Å². The lowest BCUT2D eigenvalue weighted by Crippen LogP contribution is -2.49. The molecule has 0 amide bonds. The fourth-order valence-corrected chi connectivity index (χ4v) is 4.62. The SMILES string of the molecule is C=C1C(c2ccc(F)cc2)=NC2(CCC(C(C)(C)C)CC2)N1C(C)C. The van der Waals surface area contributed by atoms with Gasteiger partial charge < -0.3 is 4.90 Å². The third-order valence-corrected chi connectivity index (χ3v) is 5.98. The van der Waals surface area contributed by atoms with Gasteiger partial charge >= 0.3 is 0 Å². The summed E-state index contributed by atoms with van der Waals surface area (Å²) in [6.07, 6.45) is 4.52. The molecule has 1 aliphatic heterocycles. The van der Waals surface area contributed by atoms with Crippen molar-refractivity contribution in [1.29, 1.82) is 0 Å². The zero-order valence-corrected chi connectivity index (χ0v) is 16.3. The molecule has 0 aromatic heterocycles. The second-order valence-corrected chi connectivity index (χ2v) is 9.00. The highest BCUT2D eigenvalue weighted by atomic mass is 19.1. The zero-order valence-electron chi connectivity index (χ0n) is 16.3. The van der Waals surface area contributed by atoms with Gasteiger partial charge in [0.2, 0.25) is 0 Å². The van der Waals surface area contributed by atoms with Crippen LogP contribution in [0.4, 0.5) is 4.39 Å². The quantitative estimate of drug-likeness (QED) is 0.664. The molecule has 3 rings (SSSR count). The van der Waals surface area contributed by atoms with E-state index in [1.54, 1.807) is 0 Å². The second kappa shape index (κ2) is 6.26. The summed E-state index contributed by atoms with van der Waals surface area (Å²) in [5, 5.41) is 0. The number of nitrogens with zero attached hydrogens (tertiary/aromatic N) is 2. The Morgan fingerprint density at radius 1 is 1.16 bits per heavy atom. The van der Waals surface area contributed by atoms with Crippen LogP contribution >= 0.6 is 0 Å². The molecule has 0 N–H and O–H groups in total. The Kier molecular flexibility index (Phi) is 4.55. The summed E-state index contributed by atoms with van der Waals surface area (Å²) >= 11 is 0. The Morgan fingerprint density at radius 2 is 1.72 bits per heavy atom. The van der Waals surface area contributed by atoms with Crippen LogP contribution in [0.3, 0.4) is 0 Å². The van der Waals surface area contributed by atoms with Crippen molar-refractivity contribution in [1.82, 2.24) is 4.90 Å². The summed E-state index contributed by atoms with van der Waals surface area (Å²) in [6.45, 7) is 15.8. The molecule has 0 bridgehead atoms. The maximum absolute atomic E-state index is 13.3. The highest BCUT2D eigenvalue weighted by Gasteiger charge is 2.48. The summed E-state index contributed by atoms with van der Waals surface area (Å²) < 4.78 is 13.3. The number of aliphatic imine (C=N–C) groups is 1. The van der Waals surface area contributed by atoms with E-state index < -0.39 is 0 Å². The molecule has 136 valence electrons. The molecule has 2 nitrogen and oxygen atoms in total. The van der Waals surface area contributed by atoms with Crippen molar-refractivity contribution >= 4 is 5.71 Å². The van der Waals surface area contributed by atoms with Crippen LogP contribution in [0, 0.1) is 17.2 Å². The van der Waals surface area contributed by atoms with E-state index in [1.807, 2.05) is 12.1 Å². The summed E-state index contributed by atoms with van der Waals surface area (Å²) in [5.41, 5.74) is 3.06. The van der Waals surface area contributed by atoms with Gasteiger partial charge in [-0.15, -0.1) is 0 Å². The molecule has 1 aliphatic carbocycles. The average molecular weight is 343 g/mol. The van der Waals surface area contributed by atoms with E-state index in [2.05, 4.69) is 46.1 Å². The van der Waals surface area contributed by atoms with Gasteiger partial charge in [-0.2, -0.15) is 0 Å². The second-order valence-electron chi connectivity index (χ2n) is 9.00.